The molecular formula is C19H25N5O5. The molecule has 2 N–H and O–H groups in total. The van der Waals surface area contributed by atoms with Crippen molar-refractivity contribution >= 4 is 18.3 Å². The van der Waals surface area contributed by atoms with Crippen molar-refractivity contribution in [2.45, 2.75) is 31.3 Å². The van der Waals surface area contributed by atoms with Gasteiger partial charge in [0.2, 0.25) is 0 Å². The molecule has 156 valence electrons. The summed E-state index contributed by atoms with van der Waals surface area (Å²) < 4.78 is 6.46. The van der Waals surface area contributed by atoms with Gasteiger partial charge in [-0.25, -0.2) is 0 Å². The van der Waals surface area contributed by atoms with E-state index >= 15 is 0 Å². The number of likely N-dealkylation sites (tertiary alicyclic amines) is 1. The lowest BCUT2D eigenvalue weighted by molar-refractivity contribution is -0.141. The Hall–Kier alpha value is -3.27. The van der Waals surface area contributed by atoms with E-state index in [0.29, 0.717) is 18.5 Å². The Morgan fingerprint density at radius 2 is 1.86 bits per heavy atom. The van der Waals surface area contributed by atoms with Crippen LogP contribution in [0.4, 0.5) is 0 Å². The lowest BCUT2D eigenvalue weighted by Gasteiger charge is -2.25. The molecule has 0 spiro atoms. The second kappa shape index (κ2) is 10.9. The fourth-order valence-electron chi connectivity index (χ4n) is 3.38. The SMILES string of the molecule is COC(=O)C[C@H]1CC[C@@H](CNC(=O)c2ccccc2-n2cnnc2)N1C.O=CO. The van der Waals surface area contributed by atoms with Crippen LogP contribution in [-0.2, 0) is 14.3 Å². The van der Waals surface area contributed by atoms with Crippen LogP contribution in [0.3, 0.4) is 0 Å². The minimum atomic E-state index is -0.250. The number of amides is 1. The van der Waals surface area contributed by atoms with Crippen LogP contribution in [0.5, 0.6) is 0 Å². The van der Waals surface area contributed by atoms with Gasteiger partial charge in [0.05, 0.1) is 24.8 Å². The predicted octanol–water partition coefficient (Wildman–Crippen LogP) is 0.724. The van der Waals surface area contributed by atoms with Crippen LogP contribution in [0.25, 0.3) is 5.69 Å². The maximum atomic E-state index is 12.7. The molecule has 0 bridgehead atoms. The molecule has 1 amide bonds. The molecule has 10 heteroatoms. The number of hydrogen-bond acceptors (Lipinski definition) is 7. The van der Waals surface area contributed by atoms with Crippen LogP contribution in [0.15, 0.2) is 36.9 Å². The summed E-state index contributed by atoms with van der Waals surface area (Å²) in [5.41, 5.74) is 1.30. The molecule has 0 aliphatic carbocycles. The van der Waals surface area contributed by atoms with Crippen LogP contribution >= 0.6 is 0 Å². The summed E-state index contributed by atoms with van der Waals surface area (Å²) >= 11 is 0. The van der Waals surface area contributed by atoms with Crippen molar-refractivity contribution < 1.29 is 24.2 Å². The number of methoxy groups -OCH3 is 1. The average Bonchev–Trinajstić information content (AvgIpc) is 3.38. The Kier molecular flexibility index (Phi) is 8.28. The third kappa shape index (κ3) is 5.85. The van der Waals surface area contributed by atoms with Gasteiger partial charge in [-0.15, -0.1) is 10.2 Å². The minimum absolute atomic E-state index is 0.140. The number of rotatable bonds is 6. The van der Waals surface area contributed by atoms with E-state index in [2.05, 4.69) is 20.4 Å². The normalized spacial score (nSPS) is 18.4. The highest BCUT2D eigenvalue weighted by molar-refractivity contribution is 5.97. The summed E-state index contributed by atoms with van der Waals surface area (Å²) in [6.45, 7) is 0.281. The van der Waals surface area contributed by atoms with Crippen molar-refractivity contribution in [2.24, 2.45) is 0 Å². The molecule has 1 aliphatic heterocycles. The Bertz CT molecular complexity index is 811. The van der Waals surface area contributed by atoms with Crippen LogP contribution in [0.1, 0.15) is 29.6 Å². The fraction of sp³-hybridized carbons (Fsp3) is 0.421. The van der Waals surface area contributed by atoms with E-state index in [1.165, 1.54) is 7.11 Å². The van der Waals surface area contributed by atoms with Crippen LogP contribution in [-0.4, -0.2) is 75.9 Å². The zero-order valence-electron chi connectivity index (χ0n) is 16.4. The summed E-state index contributed by atoms with van der Waals surface area (Å²) in [6.07, 6.45) is 5.37. The number of carbonyl (C=O) groups is 3. The lowest BCUT2D eigenvalue weighted by atomic mass is 10.1. The van der Waals surface area contributed by atoms with Gasteiger partial charge in [0.15, 0.2) is 0 Å². The van der Waals surface area contributed by atoms with Crippen molar-refractivity contribution in [3.8, 4) is 5.69 Å². The van der Waals surface area contributed by atoms with Gasteiger partial charge in [-0.05, 0) is 32.0 Å². The maximum Gasteiger partial charge on any atom is 0.307 e. The number of esters is 1. The lowest BCUT2D eigenvalue weighted by Crippen LogP contribution is -2.41. The molecule has 0 unspecified atom stereocenters. The molecule has 0 radical (unpaired) electrons. The molecule has 2 atom stereocenters. The van der Waals surface area contributed by atoms with Crippen molar-refractivity contribution in [1.82, 2.24) is 25.0 Å². The molecule has 3 rings (SSSR count). The smallest absolute Gasteiger partial charge is 0.307 e. The Morgan fingerprint density at radius 1 is 1.24 bits per heavy atom. The average molecular weight is 403 g/mol. The summed E-state index contributed by atoms with van der Waals surface area (Å²) in [5, 5.41) is 17.5. The number of nitrogens with zero attached hydrogens (tertiary/aromatic N) is 4. The van der Waals surface area contributed by atoms with Gasteiger partial charge in [0.1, 0.15) is 12.7 Å². The molecule has 29 heavy (non-hydrogen) atoms. The number of hydrogen-bond donors (Lipinski definition) is 2. The van der Waals surface area contributed by atoms with Crippen LogP contribution < -0.4 is 5.32 Å². The molecule has 1 aliphatic rings. The van der Waals surface area contributed by atoms with Gasteiger partial charge in [-0.3, -0.25) is 23.9 Å². The molecule has 1 fully saturated rings. The van der Waals surface area contributed by atoms with Gasteiger partial charge in [0.25, 0.3) is 12.4 Å². The number of para-hydroxylation sites is 1. The highest BCUT2D eigenvalue weighted by Gasteiger charge is 2.32. The number of ether oxygens (including phenoxy) is 1. The Morgan fingerprint density at radius 3 is 2.52 bits per heavy atom. The first-order valence-corrected chi connectivity index (χ1v) is 9.10. The molecule has 2 aromatic rings. The van der Waals surface area contributed by atoms with Gasteiger partial charge in [0, 0.05) is 18.6 Å². The van der Waals surface area contributed by atoms with E-state index in [-0.39, 0.29) is 30.4 Å². The van der Waals surface area contributed by atoms with E-state index in [4.69, 9.17) is 14.6 Å². The molecule has 10 nitrogen and oxygen atoms in total. The first-order chi connectivity index (χ1) is 14.0. The van der Waals surface area contributed by atoms with Crippen molar-refractivity contribution in [3.63, 3.8) is 0 Å². The van der Waals surface area contributed by atoms with Crippen LogP contribution in [0.2, 0.25) is 0 Å². The third-order valence-electron chi connectivity index (χ3n) is 4.96. The number of likely N-dealkylation sites (N-methyl/N-ethyl adjacent to an activating group) is 1. The highest BCUT2D eigenvalue weighted by Crippen LogP contribution is 2.24. The third-order valence-corrected chi connectivity index (χ3v) is 4.96. The standard InChI is InChI=1S/C18H23N5O3.CH2O2/c1-22-13(9-17(24)26-2)7-8-14(22)10-19-18(25)15-5-3-4-6-16(15)23-11-20-21-12-23;2-1-3/h3-6,11-14H,7-10H2,1-2H3,(H,19,25);1H,(H,2,3)/t13-,14+;/m1./s1. The maximum absolute atomic E-state index is 12.7. The molecule has 1 aromatic heterocycles. The second-order valence-corrected chi connectivity index (χ2v) is 6.53. The number of nitrogens with one attached hydrogen (secondary N) is 1. The number of carbonyl (C=O) groups excluding carboxylic acids is 2. The van der Waals surface area contributed by atoms with E-state index in [1.807, 2.05) is 25.2 Å². The summed E-state index contributed by atoms with van der Waals surface area (Å²) in [5.74, 6) is -0.339. The molecule has 2 heterocycles. The van der Waals surface area contributed by atoms with Crippen molar-refractivity contribution in [3.05, 3.63) is 42.5 Å². The predicted molar refractivity (Wildman–Crippen MR) is 104 cm³/mol. The molecule has 1 saturated heterocycles. The second-order valence-electron chi connectivity index (χ2n) is 6.53. The highest BCUT2D eigenvalue weighted by atomic mass is 16.5. The number of carboxylic acid groups (broad SMARTS) is 1. The molecule has 0 saturated carbocycles. The Labute approximate surface area is 168 Å². The summed E-state index contributed by atoms with van der Waals surface area (Å²) in [4.78, 5) is 34.7. The van der Waals surface area contributed by atoms with Gasteiger partial charge >= 0.3 is 5.97 Å². The van der Waals surface area contributed by atoms with Crippen molar-refractivity contribution in [2.75, 3.05) is 20.7 Å². The van der Waals surface area contributed by atoms with Crippen LogP contribution in [0, 0.1) is 0 Å². The fourth-order valence-corrected chi connectivity index (χ4v) is 3.38. The topological polar surface area (TPSA) is 127 Å². The van der Waals surface area contributed by atoms with Gasteiger partial charge in [-0.1, -0.05) is 12.1 Å². The van der Waals surface area contributed by atoms with Crippen molar-refractivity contribution in [1.29, 1.82) is 0 Å². The largest absolute Gasteiger partial charge is 0.483 e. The van der Waals surface area contributed by atoms with E-state index < -0.39 is 0 Å². The number of aromatic nitrogens is 3. The summed E-state index contributed by atoms with van der Waals surface area (Å²) in [6, 6.07) is 7.70. The Balaban J connectivity index is 0.000000941. The molecule has 1 aromatic carbocycles. The minimum Gasteiger partial charge on any atom is -0.483 e. The first-order valence-electron chi connectivity index (χ1n) is 9.10. The molecular weight excluding hydrogens is 378 g/mol. The quantitative estimate of drug-likeness (QED) is 0.534. The monoisotopic (exact) mass is 403 g/mol. The summed E-state index contributed by atoms with van der Waals surface area (Å²) in [7, 11) is 3.39. The van der Waals surface area contributed by atoms with E-state index in [0.717, 1.165) is 18.5 Å². The van der Waals surface area contributed by atoms with E-state index in [9.17, 15) is 9.59 Å². The first kappa shape index (κ1) is 22.0. The van der Waals surface area contributed by atoms with Gasteiger partial charge in [-0.2, -0.15) is 0 Å². The zero-order chi connectivity index (χ0) is 21.2. The van der Waals surface area contributed by atoms with Gasteiger partial charge < -0.3 is 15.2 Å². The number of benzene rings is 1. The zero-order valence-corrected chi connectivity index (χ0v) is 16.4. The van der Waals surface area contributed by atoms with E-state index in [1.54, 1.807) is 23.3 Å².